The third-order valence-electron chi connectivity index (χ3n) is 4.47. The number of benzene rings is 2. The summed E-state index contributed by atoms with van der Waals surface area (Å²) in [6, 6.07) is 17.3. The molecular weight excluding hydrogens is 392 g/mol. The number of anilines is 2. The summed E-state index contributed by atoms with van der Waals surface area (Å²) in [5.41, 5.74) is 2.77. The van der Waals surface area contributed by atoms with Crippen molar-refractivity contribution in [2.75, 3.05) is 10.2 Å². The van der Waals surface area contributed by atoms with Gasteiger partial charge in [-0.2, -0.15) is 0 Å². The van der Waals surface area contributed by atoms with Crippen molar-refractivity contribution in [3.63, 3.8) is 0 Å². The zero-order valence-electron chi connectivity index (χ0n) is 15.3. The van der Waals surface area contributed by atoms with Crippen LogP contribution in [0.3, 0.4) is 0 Å². The van der Waals surface area contributed by atoms with Crippen LogP contribution in [0.15, 0.2) is 66.0 Å². The molecule has 3 aromatic rings. The predicted molar refractivity (Wildman–Crippen MR) is 116 cm³/mol. The highest BCUT2D eigenvalue weighted by atomic mass is 35.5. The van der Waals surface area contributed by atoms with Gasteiger partial charge in [0.25, 0.3) is 0 Å². The van der Waals surface area contributed by atoms with E-state index >= 15 is 0 Å². The minimum Gasteiger partial charge on any atom is -0.291 e. The van der Waals surface area contributed by atoms with Crippen LogP contribution in [0.5, 0.6) is 0 Å². The molecule has 0 saturated heterocycles. The summed E-state index contributed by atoms with van der Waals surface area (Å²) < 4.78 is 0. The van der Waals surface area contributed by atoms with Gasteiger partial charge in [0.05, 0.1) is 17.3 Å². The molecule has 1 aromatic heterocycles. The normalized spacial score (nSPS) is 14.5. The predicted octanol–water partition coefficient (Wildman–Crippen LogP) is 5.33. The summed E-state index contributed by atoms with van der Waals surface area (Å²) in [6.07, 6.45) is 1.80. The van der Waals surface area contributed by atoms with E-state index in [1.807, 2.05) is 43.3 Å². The van der Waals surface area contributed by atoms with Gasteiger partial charge >= 0.3 is 6.03 Å². The second kappa shape index (κ2) is 8.12. The molecule has 142 valence electrons. The molecule has 1 aliphatic heterocycles. The Labute approximate surface area is 171 Å². The van der Waals surface area contributed by atoms with Gasteiger partial charge < -0.3 is 0 Å². The number of carbonyl (C=O) groups excluding carboxylic acids is 1. The summed E-state index contributed by atoms with van der Waals surface area (Å²) in [6.45, 7) is 2.40. The molecule has 4 rings (SSSR count). The van der Waals surface area contributed by atoms with E-state index in [9.17, 15) is 4.79 Å². The first-order valence-corrected chi connectivity index (χ1v) is 10.7. The van der Waals surface area contributed by atoms with Crippen LogP contribution in [-0.4, -0.2) is 21.4 Å². The summed E-state index contributed by atoms with van der Waals surface area (Å²) in [4.78, 5) is 23.5. The number of urea groups is 1. The smallest absolute Gasteiger partial charge is 0.291 e. The van der Waals surface area contributed by atoms with Gasteiger partial charge in [0.1, 0.15) is 5.82 Å². The molecule has 1 atom stereocenters. The molecule has 2 amide bonds. The Morgan fingerprint density at radius 1 is 1.18 bits per heavy atom. The SMILES string of the molecule is C/C=S(\Cc1ccccc1)c1ncc2c(n1)NC(=O)N(c1ccccc1Cl)C2. The van der Waals surface area contributed by atoms with E-state index in [4.69, 9.17) is 11.6 Å². The van der Waals surface area contributed by atoms with Crippen molar-refractivity contribution in [1.82, 2.24) is 9.97 Å². The van der Waals surface area contributed by atoms with Gasteiger partial charge in [-0.25, -0.2) is 14.8 Å². The Morgan fingerprint density at radius 2 is 1.93 bits per heavy atom. The fourth-order valence-corrected chi connectivity index (χ4v) is 4.72. The summed E-state index contributed by atoms with van der Waals surface area (Å²) >= 11 is 6.26. The van der Waals surface area contributed by atoms with Crippen molar-refractivity contribution in [2.45, 2.75) is 24.4 Å². The van der Waals surface area contributed by atoms with Crippen LogP contribution >= 0.6 is 22.1 Å². The number of aromatic nitrogens is 2. The number of fused-ring (bicyclic) bond motifs is 1. The average Bonchev–Trinajstić information content (AvgIpc) is 2.72. The van der Waals surface area contributed by atoms with Gasteiger partial charge in [-0.3, -0.25) is 10.2 Å². The van der Waals surface area contributed by atoms with Crippen LogP contribution in [0.2, 0.25) is 5.02 Å². The number of nitrogens with zero attached hydrogens (tertiary/aromatic N) is 3. The number of halogens is 1. The van der Waals surface area contributed by atoms with E-state index in [1.165, 1.54) is 5.56 Å². The van der Waals surface area contributed by atoms with Gasteiger partial charge in [-0.15, -0.1) is 10.5 Å². The highest BCUT2D eigenvalue weighted by molar-refractivity contribution is 8.14. The summed E-state index contributed by atoms with van der Waals surface area (Å²) in [5.74, 6) is 1.42. The van der Waals surface area contributed by atoms with Crippen molar-refractivity contribution < 1.29 is 4.79 Å². The molecular formula is C21H19ClN4OS. The van der Waals surface area contributed by atoms with Gasteiger partial charge in [0.15, 0.2) is 5.16 Å². The molecule has 1 N–H and O–H groups in total. The Kier molecular flexibility index (Phi) is 5.41. The van der Waals surface area contributed by atoms with Crippen molar-refractivity contribution >= 4 is 45.0 Å². The van der Waals surface area contributed by atoms with Crippen molar-refractivity contribution in [3.8, 4) is 0 Å². The fourth-order valence-electron chi connectivity index (χ4n) is 3.02. The standard InChI is InChI=1S/C21H19ClN4OS/c1-2-28(14-15-8-4-3-5-9-15)20-23-12-16-13-26(21(27)25-19(16)24-20)18-11-7-6-10-17(18)22/h2-12H,13-14H2,1H3,(H,23,24,25,27). The van der Waals surface area contributed by atoms with Gasteiger partial charge in [-0.05, 0) is 24.6 Å². The number of nitrogens with one attached hydrogen (secondary N) is 1. The lowest BCUT2D eigenvalue weighted by atomic mass is 10.2. The molecule has 2 aromatic carbocycles. The van der Waals surface area contributed by atoms with E-state index in [1.54, 1.807) is 17.2 Å². The maximum Gasteiger partial charge on any atom is 0.327 e. The molecule has 0 fully saturated rings. The molecule has 0 saturated carbocycles. The maximum atomic E-state index is 12.6. The largest absolute Gasteiger partial charge is 0.327 e. The van der Waals surface area contributed by atoms with Crippen molar-refractivity contribution in [3.05, 3.63) is 76.9 Å². The first-order valence-electron chi connectivity index (χ1n) is 8.88. The molecule has 1 unspecified atom stereocenters. The van der Waals surface area contributed by atoms with Gasteiger partial charge in [-0.1, -0.05) is 59.4 Å². The van der Waals surface area contributed by atoms with E-state index in [0.29, 0.717) is 23.1 Å². The molecule has 0 radical (unpaired) electrons. The summed E-state index contributed by atoms with van der Waals surface area (Å²) in [5, 5.41) is 6.27. The van der Waals surface area contributed by atoms with Gasteiger partial charge in [0, 0.05) is 17.5 Å². The van der Waals surface area contributed by atoms with Crippen LogP contribution in [0.4, 0.5) is 16.3 Å². The van der Waals surface area contributed by atoms with Crippen LogP contribution in [0.25, 0.3) is 0 Å². The first kappa shape index (κ1) is 18.7. The molecule has 7 heteroatoms. The Morgan fingerprint density at radius 3 is 2.68 bits per heavy atom. The molecule has 1 aliphatic rings. The van der Waals surface area contributed by atoms with Crippen LogP contribution in [0, 0.1) is 0 Å². The Bertz CT molecular complexity index is 1060. The third-order valence-corrected chi connectivity index (χ3v) is 6.67. The maximum absolute atomic E-state index is 12.6. The molecule has 2 heterocycles. The number of para-hydroxylation sites is 1. The highest BCUT2D eigenvalue weighted by Gasteiger charge is 2.27. The lowest BCUT2D eigenvalue weighted by Crippen LogP contribution is -2.39. The Hall–Kier alpha value is -2.70. The van der Waals surface area contributed by atoms with E-state index < -0.39 is 0 Å². The molecule has 28 heavy (non-hydrogen) atoms. The monoisotopic (exact) mass is 410 g/mol. The zero-order valence-corrected chi connectivity index (χ0v) is 16.9. The average molecular weight is 411 g/mol. The van der Waals surface area contributed by atoms with E-state index in [-0.39, 0.29) is 16.5 Å². The second-order valence-corrected chi connectivity index (χ2v) is 8.68. The van der Waals surface area contributed by atoms with E-state index in [2.05, 4.69) is 32.8 Å². The quantitative estimate of drug-likeness (QED) is 0.467. The first-order chi connectivity index (χ1) is 13.7. The zero-order chi connectivity index (χ0) is 19.5. The number of hydrogen-bond acceptors (Lipinski definition) is 3. The van der Waals surface area contributed by atoms with E-state index in [0.717, 1.165) is 16.5 Å². The minimum atomic E-state index is -0.242. The number of amides is 2. The second-order valence-electron chi connectivity index (χ2n) is 6.29. The number of hydrogen-bond donors (Lipinski definition) is 1. The number of rotatable bonds is 4. The number of carbonyl (C=O) groups is 1. The highest BCUT2D eigenvalue weighted by Crippen LogP contribution is 2.33. The fraction of sp³-hybridized carbons (Fsp3) is 0.143. The minimum absolute atomic E-state index is 0.237. The van der Waals surface area contributed by atoms with Gasteiger partial charge in [0.2, 0.25) is 0 Å². The van der Waals surface area contributed by atoms with Crippen LogP contribution in [0.1, 0.15) is 18.1 Å². The third kappa shape index (κ3) is 3.79. The molecule has 5 nitrogen and oxygen atoms in total. The van der Waals surface area contributed by atoms with Crippen LogP contribution < -0.4 is 10.2 Å². The molecule has 0 spiro atoms. The topological polar surface area (TPSA) is 58.1 Å². The van der Waals surface area contributed by atoms with Crippen molar-refractivity contribution in [1.29, 1.82) is 0 Å². The lowest BCUT2D eigenvalue weighted by molar-refractivity contribution is 0.256. The lowest BCUT2D eigenvalue weighted by Gasteiger charge is -2.29. The van der Waals surface area contributed by atoms with Crippen LogP contribution in [-0.2, 0) is 12.3 Å². The Balaban J connectivity index is 1.61. The van der Waals surface area contributed by atoms with Crippen molar-refractivity contribution in [2.24, 2.45) is 0 Å². The molecule has 0 bridgehead atoms. The summed E-state index contributed by atoms with van der Waals surface area (Å²) in [7, 11) is -0.237. The molecule has 0 aliphatic carbocycles.